The summed E-state index contributed by atoms with van der Waals surface area (Å²) in [4.78, 5) is 11.8. The zero-order chi connectivity index (χ0) is 17.4. The van der Waals surface area contributed by atoms with Gasteiger partial charge in [-0.25, -0.2) is 0 Å². The maximum atomic E-state index is 10.7. The molecule has 0 unspecified atom stereocenters. The van der Waals surface area contributed by atoms with Crippen molar-refractivity contribution in [2.45, 2.75) is 30.9 Å². The van der Waals surface area contributed by atoms with Crippen LogP contribution in [-0.2, 0) is 17.0 Å². The van der Waals surface area contributed by atoms with Gasteiger partial charge in [0.15, 0.2) is 0 Å². The van der Waals surface area contributed by atoms with Crippen LogP contribution in [0, 0.1) is 0 Å². The number of aliphatic carboxylic acids is 1. The highest BCUT2D eigenvalue weighted by molar-refractivity contribution is 7.98. The molecule has 24 heavy (non-hydrogen) atoms. The van der Waals surface area contributed by atoms with Crippen molar-refractivity contribution in [1.82, 2.24) is 0 Å². The number of hydrogen-bond acceptors (Lipinski definition) is 4. The van der Waals surface area contributed by atoms with Crippen LogP contribution in [0.5, 0.6) is 11.5 Å². The van der Waals surface area contributed by atoms with Gasteiger partial charge in [-0.05, 0) is 43.2 Å². The van der Waals surface area contributed by atoms with Crippen LogP contribution in [0.4, 0.5) is 0 Å². The van der Waals surface area contributed by atoms with E-state index in [-0.39, 0.29) is 6.42 Å². The molecular formula is C19H22O4S. The van der Waals surface area contributed by atoms with Gasteiger partial charge in [0.1, 0.15) is 11.5 Å². The molecular weight excluding hydrogens is 324 g/mol. The first-order chi connectivity index (χ1) is 11.6. The van der Waals surface area contributed by atoms with E-state index in [9.17, 15) is 4.79 Å². The molecule has 0 saturated carbocycles. The minimum Gasteiger partial charge on any atom is -0.494 e. The van der Waals surface area contributed by atoms with Gasteiger partial charge in [-0.2, -0.15) is 0 Å². The van der Waals surface area contributed by atoms with Crippen LogP contribution in [0.15, 0.2) is 47.4 Å². The third kappa shape index (κ3) is 5.49. The Bertz CT molecular complexity index is 668. The second-order valence-electron chi connectivity index (χ2n) is 5.15. The monoisotopic (exact) mass is 346 g/mol. The van der Waals surface area contributed by atoms with Crippen molar-refractivity contribution in [2.24, 2.45) is 0 Å². The van der Waals surface area contributed by atoms with Crippen LogP contribution in [0.1, 0.15) is 25.0 Å². The van der Waals surface area contributed by atoms with Gasteiger partial charge in [0.05, 0.1) is 24.5 Å². The number of carbonyl (C=O) groups is 1. The van der Waals surface area contributed by atoms with Crippen molar-refractivity contribution in [1.29, 1.82) is 0 Å². The zero-order valence-electron chi connectivity index (χ0n) is 14.0. The quantitative estimate of drug-likeness (QED) is 0.682. The van der Waals surface area contributed by atoms with Gasteiger partial charge < -0.3 is 14.6 Å². The number of ether oxygens (including phenoxy) is 2. The van der Waals surface area contributed by atoms with Crippen molar-refractivity contribution < 1.29 is 19.4 Å². The number of carboxylic acids is 1. The molecule has 0 aliphatic carbocycles. The van der Waals surface area contributed by atoms with Gasteiger partial charge in [0.25, 0.3) is 0 Å². The van der Waals surface area contributed by atoms with Gasteiger partial charge in [0, 0.05) is 5.75 Å². The summed E-state index contributed by atoms with van der Waals surface area (Å²) in [7, 11) is 0. The largest absolute Gasteiger partial charge is 0.494 e. The molecule has 0 saturated heterocycles. The molecule has 0 fully saturated rings. The predicted molar refractivity (Wildman–Crippen MR) is 96.1 cm³/mol. The number of hydrogen-bond donors (Lipinski definition) is 1. The van der Waals surface area contributed by atoms with Crippen molar-refractivity contribution in [3.8, 4) is 11.5 Å². The average molecular weight is 346 g/mol. The fourth-order valence-electron chi connectivity index (χ4n) is 2.22. The summed E-state index contributed by atoms with van der Waals surface area (Å²) in [6.45, 7) is 5.17. The molecule has 2 rings (SSSR count). The van der Waals surface area contributed by atoms with Gasteiger partial charge in [0.2, 0.25) is 0 Å². The second-order valence-corrected chi connectivity index (χ2v) is 6.17. The summed E-state index contributed by atoms with van der Waals surface area (Å²) < 4.78 is 11.2. The predicted octanol–water partition coefficient (Wildman–Crippen LogP) is 4.40. The molecule has 0 heterocycles. The number of thioether (sulfide) groups is 1. The minimum atomic E-state index is -0.814. The maximum Gasteiger partial charge on any atom is 0.307 e. The van der Waals surface area contributed by atoms with E-state index in [1.807, 2.05) is 56.3 Å². The van der Waals surface area contributed by atoms with E-state index in [2.05, 4.69) is 0 Å². The topological polar surface area (TPSA) is 55.8 Å². The number of carboxylic acid groups (broad SMARTS) is 1. The first-order valence-electron chi connectivity index (χ1n) is 7.94. The van der Waals surface area contributed by atoms with Crippen LogP contribution < -0.4 is 9.47 Å². The van der Waals surface area contributed by atoms with Crippen molar-refractivity contribution in [3.63, 3.8) is 0 Å². The molecule has 2 aromatic rings. The molecule has 0 bridgehead atoms. The van der Waals surface area contributed by atoms with Crippen LogP contribution in [0.3, 0.4) is 0 Å². The normalized spacial score (nSPS) is 10.4. The lowest BCUT2D eigenvalue weighted by Gasteiger charge is -2.12. The Balaban J connectivity index is 2.06. The van der Waals surface area contributed by atoms with Crippen LogP contribution in [-0.4, -0.2) is 24.3 Å². The van der Waals surface area contributed by atoms with E-state index in [0.717, 1.165) is 33.3 Å². The highest BCUT2D eigenvalue weighted by Gasteiger charge is 2.08. The van der Waals surface area contributed by atoms with Gasteiger partial charge in [-0.3, -0.25) is 4.79 Å². The molecule has 0 aromatic heterocycles. The molecule has 0 radical (unpaired) electrons. The average Bonchev–Trinajstić information content (AvgIpc) is 2.56. The molecule has 5 heteroatoms. The van der Waals surface area contributed by atoms with E-state index in [0.29, 0.717) is 13.2 Å². The van der Waals surface area contributed by atoms with Gasteiger partial charge in [-0.1, -0.05) is 24.3 Å². The Morgan fingerprint density at radius 1 is 1.00 bits per heavy atom. The Hall–Kier alpha value is -2.14. The third-order valence-electron chi connectivity index (χ3n) is 3.30. The van der Waals surface area contributed by atoms with Gasteiger partial charge in [-0.15, -0.1) is 11.8 Å². The van der Waals surface area contributed by atoms with Crippen LogP contribution in [0.2, 0.25) is 0 Å². The Kier molecular flexibility index (Phi) is 7.00. The van der Waals surface area contributed by atoms with Crippen molar-refractivity contribution in [2.75, 3.05) is 13.2 Å². The summed E-state index contributed by atoms with van der Waals surface area (Å²) in [5.74, 6) is 1.66. The maximum absolute atomic E-state index is 10.7. The summed E-state index contributed by atoms with van der Waals surface area (Å²) >= 11 is 1.68. The van der Waals surface area contributed by atoms with Crippen LogP contribution >= 0.6 is 11.8 Å². The molecule has 0 atom stereocenters. The minimum absolute atomic E-state index is 0.0539. The molecule has 0 spiro atoms. The fourth-order valence-corrected chi connectivity index (χ4v) is 3.20. The summed E-state index contributed by atoms with van der Waals surface area (Å²) in [5.41, 5.74) is 1.95. The molecule has 0 aliphatic rings. The lowest BCUT2D eigenvalue weighted by Crippen LogP contribution is -1.99. The lowest BCUT2D eigenvalue weighted by atomic mass is 10.1. The molecule has 0 amide bonds. The second kappa shape index (κ2) is 9.23. The van der Waals surface area contributed by atoms with E-state index in [1.54, 1.807) is 11.8 Å². The summed E-state index contributed by atoms with van der Waals surface area (Å²) in [5, 5.41) is 8.81. The number of benzene rings is 2. The van der Waals surface area contributed by atoms with Crippen molar-refractivity contribution in [3.05, 3.63) is 53.6 Å². The third-order valence-corrected chi connectivity index (χ3v) is 4.41. The first kappa shape index (κ1) is 18.2. The fraction of sp³-hybridized carbons (Fsp3) is 0.316. The van der Waals surface area contributed by atoms with E-state index < -0.39 is 5.97 Å². The highest BCUT2D eigenvalue weighted by atomic mass is 32.2. The van der Waals surface area contributed by atoms with Gasteiger partial charge >= 0.3 is 5.97 Å². The first-order valence-corrected chi connectivity index (χ1v) is 8.93. The Morgan fingerprint density at radius 2 is 1.67 bits per heavy atom. The molecule has 0 aliphatic heterocycles. The zero-order valence-corrected chi connectivity index (χ0v) is 14.8. The van der Waals surface area contributed by atoms with E-state index >= 15 is 0 Å². The molecule has 1 N–H and O–H groups in total. The van der Waals surface area contributed by atoms with E-state index in [4.69, 9.17) is 14.6 Å². The Morgan fingerprint density at radius 3 is 2.29 bits per heavy atom. The Labute approximate surface area is 146 Å². The SMILES string of the molecule is CCOc1ccc(OCC)c(SCc2ccc(CC(=O)O)cc2)c1. The van der Waals surface area contributed by atoms with E-state index in [1.165, 1.54) is 0 Å². The summed E-state index contributed by atoms with van der Waals surface area (Å²) in [6.07, 6.45) is 0.0539. The summed E-state index contributed by atoms with van der Waals surface area (Å²) in [6, 6.07) is 13.5. The standard InChI is InChI=1S/C19H22O4S/c1-3-22-16-9-10-17(23-4-2)18(12-16)24-13-15-7-5-14(6-8-15)11-19(20)21/h5-10,12H,3-4,11,13H2,1-2H3,(H,20,21). The number of rotatable bonds is 9. The lowest BCUT2D eigenvalue weighted by molar-refractivity contribution is -0.136. The highest BCUT2D eigenvalue weighted by Crippen LogP contribution is 2.35. The van der Waals surface area contributed by atoms with Crippen LogP contribution in [0.25, 0.3) is 0 Å². The molecule has 128 valence electrons. The van der Waals surface area contributed by atoms with Crippen molar-refractivity contribution >= 4 is 17.7 Å². The molecule has 2 aromatic carbocycles. The smallest absolute Gasteiger partial charge is 0.307 e. The molecule has 4 nitrogen and oxygen atoms in total.